The largest absolute Gasteiger partial charge is 0.491 e. The van der Waals surface area contributed by atoms with E-state index < -0.39 is 24.1 Å². The monoisotopic (exact) mass is 617 g/mol. The molecular formula is C31H37Cl2N3O6. The number of carbonyl (C=O) groups excluding carboxylic acids is 4. The van der Waals surface area contributed by atoms with Crippen molar-refractivity contribution in [3.63, 3.8) is 0 Å². The highest BCUT2D eigenvalue weighted by molar-refractivity contribution is 6.30. The van der Waals surface area contributed by atoms with Gasteiger partial charge in [0.05, 0.1) is 12.6 Å². The number of aldehydes is 1. The van der Waals surface area contributed by atoms with Crippen LogP contribution in [0.2, 0.25) is 10.0 Å². The molecule has 2 unspecified atom stereocenters. The van der Waals surface area contributed by atoms with E-state index in [0.717, 1.165) is 43.2 Å². The molecule has 3 amide bonds. The van der Waals surface area contributed by atoms with Crippen LogP contribution in [0.3, 0.4) is 0 Å². The van der Waals surface area contributed by atoms with Gasteiger partial charge in [0.15, 0.2) is 0 Å². The van der Waals surface area contributed by atoms with Crippen LogP contribution in [0.5, 0.6) is 5.75 Å². The van der Waals surface area contributed by atoms with Crippen LogP contribution in [-0.4, -0.2) is 54.3 Å². The first kappa shape index (κ1) is 31.6. The Bertz CT molecular complexity index is 1250. The molecule has 11 heteroatoms. The van der Waals surface area contributed by atoms with Gasteiger partial charge in [-0.05, 0) is 54.7 Å². The van der Waals surface area contributed by atoms with Crippen molar-refractivity contribution in [3.8, 4) is 5.75 Å². The third kappa shape index (κ3) is 9.63. The van der Waals surface area contributed by atoms with Crippen LogP contribution < -0.4 is 15.4 Å². The van der Waals surface area contributed by atoms with E-state index in [4.69, 9.17) is 32.7 Å². The fraction of sp³-hybridized carbons (Fsp3) is 0.484. The Morgan fingerprint density at radius 2 is 1.83 bits per heavy atom. The van der Waals surface area contributed by atoms with Gasteiger partial charge >= 0.3 is 6.09 Å². The van der Waals surface area contributed by atoms with Gasteiger partial charge < -0.3 is 29.8 Å². The average molecular weight is 619 g/mol. The number of nitrogens with zero attached hydrogens (tertiary/aromatic N) is 1. The van der Waals surface area contributed by atoms with Crippen LogP contribution in [0.1, 0.15) is 62.5 Å². The highest BCUT2D eigenvalue weighted by atomic mass is 35.5. The number of ether oxygens (including phenoxy) is 2. The van der Waals surface area contributed by atoms with E-state index in [1.165, 1.54) is 0 Å². The van der Waals surface area contributed by atoms with Gasteiger partial charge in [-0.1, -0.05) is 67.4 Å². The molecule has 1 aliphatic heterocycles. The van der Waals surface area contributed by atoms with Gasteiger partial charge in [-0.3, -0.25) is 9.59 Å². The minimum atomic E-state index is -0.885. The molecule has 1 heterocycles. The summed E-state index contributed by atoms with van der Waals surface area (Å²) in [5.41, 5.74) is 1.53. The predicted octanol–water partition coefficient (Wildman–Crippen LogP) is 5.44. The summed E-state index contributed by atoms with van der Waals surface area (Å²) in [6.45, 7) is 1.09. The summed E-state index contributed by atoms with van der Waals surface area (Å²) in [7, 11) is 0. The van der Waals surface area contributed by atoms with E-state index in [-0.39, 0.29) is 31.3 Å². The van der Waals surface area contributed by atoms with Gasteiger partial charge in [0.25, 0.3) is 0 Å². The van der Waals surface area contributed by atoms with Crippen molar-refractivity contribution in [2.24, 2.45) is 5.92 Å². The zero-order chi connectivity index (χ0) is 29.9. The first-order valence-corrected chi connectivity index (χ1v) is 15.2. The average Bonchev–Trinajstić information content (AvgIpc) is 3.20. The third-order valence-corrected chi connectivity index (χ3v) is 8.15. The van der Waals surface area contributed by atoms with Gasteiger partial charge in [-0.2, -0.15) is 0 Å². The Kier molecular flexibility index (Phi) is 11.9. The van der Waals surface area contributed by atoms with Crippen LogP contribution in [0, 0.1) is 5.92 Å². The summed E-state index contributed by atoms with van der Waals surface area (Å²) < 4.78 is 11.1. The number of benzene rings is 2. The zero-order valence-electron chi connectivity index (χ0n) is 23.5. The maximum Gasteiger partial charge on any atom is 0.408 e. The van der Waals surface area contributed by atoms with Gasteiger partial charge in [0.1, 0.15) is 31.3 Å². The van der Waals surface area contributed by atoms with Gasteiger partial charge in [0, 0.05) is 28.6 Å². The summed E-state index contributed by atoms with van der Waals surface area (Å²) >= 11 is 12.1. The molecule has 0 aromatic heterocycles. The molecule has 1 saturated carbocycles. The molecule has 2 aromatic rings. The number of hydrogen-bond acceptors (Lipinski definition) is 6. The molecule has 2 aromatic carbocycles. The molecule has 2 N–H and O–H groups in total. The third-order valence-electron chi connectivity index (χ3n) is 7.68. The van der Waals surface area contributed by atoms with Crippen molar-refractivity contribution in [3.05, 3.63) is 63.6 Å². The second-order valence-corrected chi connectivity index (χ2v) is 11.7. The summed E-state index contributed by atoms with van der Waals surface area (Å²) in [5.74, 6) is 0.335. The lowest BCUT2D eigenvalue weighted by molar-refractivity contribution is -0.132. The van der Waals surface area contributed by atoms with Crippen LogP contribution in [-0.2, 0) is 32.3 Å². The smallest absolute Gasteiger partial charge is 0.408 e. The van der Waals surface area contributed by atoms with Gasteiger partial charge in [-0.25, -0.2) is 4.79 Å². The van der Waals surface area contributed by atoms with Crippen molar-refractivity contribution >= 4 is 47.4 Å². The number of carbonyl (C=O) groups is 4. The van der Waals surface area contributed by atoms with Crippen molar-refractivity contribution in [1.29, 1.82) is 0 Å². The normalized spacial score (nSPS) is 16.7. The molecule has 0 radical (unpaired) electrons. The first-order valence-electron chi connectivity index (χ1n) is 14.4. The summed E-state index contributed by atoms with van der Waals surface area (Å²) in [5, 5.41) is 6.51. The zero-order valence-corrected chi connectivity index (χ0v) is 25.0. The molecule has 0 saturated heterocycles. The van der Waals surface area contributed by atoms with Crippen molar-refractivity contribution < 1.29 is 28.7 Å². The standard InChI is InChI=1S/C31H37Cl2N3O6/c32-24-8-4-7-22(15-24)20-42-31(40)35-27(16-21-5-2-1-3-6-21)30(39)34-26(19-37)10-12-29(38)36-13-14-41-28-11-9-25(33)17-23(28)18-36/h4,7-9,11,15,17,19,21,26-27H,1-3,5-6,10,12-14,16,18,20H2,(H,34,39)(H,35,40). The summed E-state index contributed by atoms with van der Waals surface area (Å²) in [6, 6.07) is 10.5. The molecule has 42 heavy (non-hydrogen) atoms. The van der Waals surface area contributed by atoms with Crippen molar-refractivity contribution in [2.45, 2.75) is 76.6 Å². The fourth-order valence-corrected chi connectivity index (χ4v) is 5.83. The summed E-state index contributed by atoms with van der Waals surface area (Å²) in [4.78, 5) is 52.6. The quantitative estimate of drug-likeness (QED) is 0.324. The number of fused-ring (bicyclic) bond motifs is 1. The van der Waals surface area contributed by atoms with Gasteiger partial charge in [0.2, 0.25) is 11.8 Å². The highest BCUT2D eigenvalue weighted by Crippen LogP contribution is 2.28. The maximum atomic E-state index is 13.3. The predicted molar refractivity (Wildman–Crippen MR) is 159 cm³/mol. The molecule has 1 aliphatic carbocycles. The number of hydrogen-bond donors (Lipinski definition) is 2. The molecule has 2 atom stereocenters. The molecule has 9 nitrogen and oxygen atoms in total. The number of halogens is 2. The van der Waals surface area contributed by atoms with Crippen molar-refractivity contribution in [2.75, 3.05) is 13.2 Å². The van der Waals surface area contributed by atoms with E-state index in [1.54, 1.807) is 47.4 Å². The molecule has 4 rings (SSSR count). The first-order chi connectivity index (χ1) is 20.3. The van der Waals surface area contributed by atoms with Gasteiger partial charge in [-0.15, -0.1) is 0 Å². The molecule has 2 aliphatic rings. The Morgan fingerprint density at radius 1 is 1.05 bits per heavy atom. The summed E-state index contributed by atoms with van der Waals surface area (Å²) in [6.07, 6.45) is 5.79. The van der Waals surface area contributed by atoms with Crippen LogP contribution >= 0.6 is 23.2 Å². The van der Waals surface area contributed by atoms with E-state index in [2.05, 4.69) is 10.6 Å². The van der Waals surface area contributed by atoms with Crippen LogP contribution in [0.15, 0.2) is 42.5 Å². The second-order valence-electron chi connectivity index (χ2n) is 10.8. The number of rotatable bonds is 11. The fourth-order valence-electron chi connectivity index (χ4n) is 5.42. The minimum Gasteiger partial charge on any atom is -0.491 e. The lowest BCUT2D eigenvalue weighted by Crippen LogP contribution is -2.51. The highest BCUT2D eigenvalue weighted by Gasteiger charge is 2.29. The van der Waals surface area contributed by atoms with Crippen molar-refractivity contribution in [1.82, 2.24) is 15.5 Å². The maximum absolute atomic E-state index is 13.3. The molecular weight excluding hydrogens is 581 g/mol. The number of amides is 3. The Labute approximate surface area is 256 Å². The van der Waals surface area contributed by atoms with E-state index in [1.807, 2.05) is 0 Å². The van der Waals surface area contributed by atoms with Crippen LogP contribution in [0.25, 0.3) is 0 Å². The number of nitrogens with one attached hydrogen (secondary N) is 2. The topological polar surface area (TPSA) is 114 Å². The number of alkyl carbamates (subject to hydrolysis) is 1. The SMILES string of the molecule is O=CC(CCC(=O)N1CCOc2ccc(Cl)cc2C1)NC(=O)C(CC1CCCCC1)NC(=O)OCc1cccc(Cl)c1. The molecule has 0 spiro atoms. The molecule has 0 bridgehead atoms. The van der Waals surface area contributed by atoms with E-state index >= 15 is 0 Å². The Hall–Kier alpha value is -3.30. The van der Waals surface area contributed by atoms with E-state index in [0.29, 0.717) is 48.2 Å². The second kappa shape index (κ2) is 15.8. The minimum absolute atomic E-state index is 0.00144. The van der Waals surface area contributed by atoms with Crippen LogP contribution in [0.4, 0.5) is 4.79 Å². The Morgan fingerprint density at radius 3 is 2.60 bits per heavy atom. The Balaban J connectivity index is 1.32. The molecule has 1 fully saturated rings. The lowest BCUT2D eigenvalue weighted by atomic mass is 9.84. The lowest BCUT2D eigenvalue weighted by Gasteiger charge is -2.27. The molecule has 226 valence electrons. The van der Waals surface area contributed by atoms with E-state index in [9.17, 15) is 19.2 Å².